The van der Waals surface area contributed by atoms with E-state index in [1.165, 1.54) is 7.11 Å². The van der Waals surface area contributed by atoms with Gasteiger partial charge in [0.15, 0.2) is 0 Å². The van der Waals surface area contributed by atoms with Gasteiger partial charge in [-0.05, 0) is 5.92 Å². The van der Waals surface area contributed by atoms with Crippen molar-refractivity contribution in [1.82, 2.24) is 4.90 Å². The number of carbonyl (C=O) groups excluding carboxylic acids is 2. The molecule has 2 bridgehead atoms. The average molecular weight is 265 g/mol. The fourth-order valence-electron chi connectivity index (χ4n) is 3.58. The maximum atomic E-state index is 12.5. The number of nitrogens with zero attached hydrogens (tertiary/aromatic N) is 1. The minimum atomic E-state index is -0.602. The van der Waals surface area contributed by atoms with Gasteiger partial charge in [-0.3, -0.25) is 9.59 Å². The number of likely N-dealkylation sites (tertiary alicyclic amines) is 1. The Morgan fingerprint density at radius 1 is 1.63 bits per heavy atom. The molecule has 3 rings (SSSR count). The smallest absolute Gasteiger partial charge is 0.312 e. The molecule has 0 unspecified atom stereocenters. The van der Waals surface area contributed by atoms with Crippen LogP contribution >= 0.6 is 0 Å². The molecule has 0 aromatic rings. The summed E-state index contributed by atoms with van der Waals surface area (Å²) in [6, 6.07) is 0. The minimum absolute atomic E-state index is 0.0240. The molecule has 4 atom stereocenters. The molecule has 1 amide bonds. The third-order valence-electron chi connectivity index (χ3n) is 4.24. The molecule has 2 fully saturated rings. The van der Waals surface area contributed by atoms with Crippen LogP contribution in [-0.2, 0) is 19.1 Å². The molecule has 2 saturated heterocycles. The second-order valence-electron chi connectivity index (χ2n) is 6.04. The first-order valence-electron chi connectivity index (χ1n) is 6.72. The van der Waals surface area contributed by atoms with Crippen molar-refractivity contribution >= 4 is 11.9 Å². The largest absolute Gasteiger partial charge is 0.469 e. The van der Waals surface area contributed by atoms with Crippen LogP contribution in [-0.4, -0.2) is 48.7 Å². The van der Waals surface area contributed by atoms with Crippen LogP contribution in [0.25, 0.3) is 0 Å². The van der Waals surface area contributed by atoms with Gasteiger partial charge in [0.05, 0.1) is 25.7 Å². The van der Waals surface area contributed by atoms with Gasteiger partial charge < -0.3 is 14.4 Å². The fraction of sp³-hybridized carbons (Fsp3) is 0.714. The van der Waals surface area contributed by atoms with Crippen molar-refractivity contribution in [2.24, 2.45) is 17.8 Å². The second kappa shape index (κ2) is 4.07. The number of rotatable bonds is 3. The van der Waals surface area contributed by atoms with Crippen LogP contribution in [0.3, 0.4) is 0 Å². The van der Waals surface area contributed by atoms with E-state index in [2.05, 4.69) is 13.8 Å². The van der Waals surface area contributed by atoms with Crippen LogP contribution in [0.5, 0.6) is 0 Å². The molecule has 0 aliphatic carbocycles. The first kappa shape index (κ1) is 12.7. The molecular formula is C14H19NO4. The SMILES string of the molecule is COC(=O)[C@H]1[C@H]2C(=O)N(CC(C)C)C[C@@]23C=C[C@H]1O3. The highest BCUT2D eigenvalue weighted by Crippen LogP contribution is 2.52. The summed E-state index contributed by atoms with van der Waals surface area (Å²) in [6.45, 7) is 5.40. The van der Waals surface area contributed by atoms with Gasteiger partial charge in [-0.2, -0.15) is 0 Å². The molecule has 19 heavy (non-hydrogen) atoms. The second-order valence-corrected chi connectivity index (χ2v) is 6.04. The van der Waals surface area contributed by atoms with Crippen molar-refractivity contribution < 1.29 is 19.1 Å². The van der Waals surface area contributed by atoms with Crippen molar-refractivity contribution in [2.45, 2.75) is 25.6 Å². The summed E-state index contributed by atoms with van der Waals surface area (Å²) < 4.78 is 10.8. The number of esters is 1. The Bertz CT molecular complexity index is 458. The third kappa shape index (κ3) is 1.64. The van der Waals surface area contributed by atoms with Gasteiger partial charge in [0.1, 0.15) is 11.5 Å². The zero-order chi connectivity index (χ0) is 13.8. The molecule has 3 heterocycles. The van der Waals surface area contributed by atoms with Crippen LogP contribution in [0, 0.1) is 17.8 Å². The first-order valence-corrected chi connectivity index (χ1v) is 6.72. The highest BCUT2D eigenvalue weighted by molar-refractivity contribution is 5.91. The van der Waals surface area contributed by atoms with E-state index in [1.807, 2.05) is 17.1 Å². The van der Waals surface area contributed by atoms with Crippen molar-refractivity contribution in [2.75, 3.05) is 20.2 Å². The average Bonchev–Trinajstić information content (AvgIpc) is 2.97. The van der Waals surface area contributed by atoms with E-state index < -0.39 is 17.4 Å². The van der Waals surface area contributed by atoms with Gasteiger partial charge in [-0.1, -0.05) is 26.0 Å². The summed E-state index contributed by atoms with van der Waals surface area (Å²) in [5.41, 5.74) is -0.602. The summed E-state index contributed by atoms with van der Waals surface area (Å²) in [5, 5.41) is 0. The maximum absolute atomic E-state index is 12.5. The van der Waals surface area contributed by atoms with Crippen molar-refractivity contribution in [1.29, 1.82) is 0 Å². The lowest BCUT2D eigenvalue weighted by Gasteiger charge is -2.22. The van der Waals surface area contributed by atoms with E-state index in [1.54, 1.807) is 0 Å². The van der Waals surface area contributed by atoms with E-state index >= 15 is 0 Å². The third-order valence-corrected chi connectivity index (χ3v) is 4.24. The van der Waals surface area contributed by atoms with E-state index in [0.29, 0.717) is 19.0 Å². The van der Waals surface area contributed by atoms with Crippen LogP contribution in [0.4, 0.5) is 0 Å². The number of hydrogen-bond donors (Lipinski definition) is 0. The zero-order valence-electron chi connectivity index (χ0n) is 11.5. The molecule has 0 radical (unpaired) electrons. The topological polar surface area (TPSA) is 55.8 Å². The standard InChI is InChI=1S/C14H19NO4/c1-8(2)6-15-7-14-5-4-9(19-14)10(13(17)18-3)11(14)12(15)16/h4-5,8-11H,6-7H2,1-3H3/t9-,10-,11+,14+/m1/s1. The molecule has 0 N–H and O–H groups in total. The number of methoxy groups -OCH3 is 1. The van der Waals surface area contributed by atoms with Crippen LogP contribution in [0.1, 0.15) is 13.8 Å². The Balaban J connectivity index is 1.90. The van der Waals surface area contributed by atoms with E-state index in [4.69, 9.17) is 9.47 Å². The minimum Gasteiger partial charge on any atom is -0.469 e. The highest BCUT2D eigenvalue weighted by Gasteiger charge is 2.67. The van der Waals surface area contributed by atoms with E-state index in [-0.39, 0.29) is 18.0 Å². The predicted octanol–water partition coefficient (Wildman–Crippen LogP) is 0.597. The summed E-state index contributed by atoms with van der Waals surface area (Å²) in [6.07, 6.45) is 3.55. The van der Waals surface area contributed by atoms with Crippen molar-refractivity contribution in [3.63, 3.8) is 0 Å². The zero-order valence-corrected chi connectivity index (χ0v) is 11.5. The predicted molar refractivity (Wildman–Crippen MR) is 67.2 cm³/mol. The van der Waals surface area contributed by atoms with E-state index in [9.17, 15) is 9.59 Å². The van der Waals surface area contributed by atoms with Crippen molar-refractivity contribution in [3.05, 3.63) is 12.2 Å². The Labute approximate surface area is 112 Å². The van der Waals surface area contributed by atoms with Crippen LogP contribution in [0.2, 0.25) is 0 Å². The molecule has 1 spiro atoms. The van der Waals surface area contributed by atoms with Crippen LogP contribution in [0.15, 0.2) is 12.2 Å². The molecule has 3 aliphatic heterocycles. The van der Waals surface area contributed by atoms with Gasteiger partial charge in [0.25, 0.3) is 0 Å². The van der Waals surface area contributed by atoms with Gasteiger partial charge in [-0.15, -0.1) is 0 Å². The molecule has 0 aromatic heterocycles. The molecular weight excluding hydrogens is 246 g/mol. The number of ether oxygens (including phenoxy) is 2. The summed E-state index contributed by atoms with van der Waals surface area (Å²) in [5.74, 6) is -0.817. The lowest BCUT2D eigenvalue weighted by molar-refractivity contribution is -0.151. The summed E-state index contributed by atoms with van der Waals surface area (Å²) in [4.78, 5) is 26.3. The molecule has 5 heteroatoms. The number of amides is 1. The summed E-state index contributed by atoms with van der Waals surface area (Å²) >= 11 is 0. The van der Waals surface area contributed by atoms with Gasteiger partial charge in [0.2, 0.25) is 5.91 Å². The lowest BCUT2D eigenvalue weighted by Crippen LogP contribution is -2.39. The lowest BCUT2D eigenvalue weighted by atomic mass is 9.77. The number of fused-ring (bicyclic) bond motifs is 1. The summed E-state index contributed by atoms with van der Waals surface area (Å²) in [7, 11) is 1.36. The monoisotopic (exact) mass is 265 g/mol. The Kier molecular flexibility index (Phi) is 2.71. The Hall–Kier alpha value is -1.36. The molecule has 3 aliphatic rings. The van der Waals surface area contributed by atoms with Crippen LogP contribution < -0.4 is 0 Å². The number of hydrogen-bond acceptors (Lipinski definition) is 4. The maximum Gasteiger partial charge on any atom is 0.312 e. The fourth-order valence-corrected chi connectivity index (χ4v) is 3.58. The quantitative estimate of drug-likeness (QED) is 0.554. The van der Waals surface area contributed by atoms with Gasteiger partial charge >= 0.3 is 5.97 Å². The first-order chi connectivity index (χ1) is 8.98. The Morgan fingerprint density at radius 2 is 2.37 bits per heavy atom. The molecule has 0 saturated carbocycles. The van der Waals surface area contributed by atoms with E-state index in [0.717, 1.165) is 0 Å². The van der Waals surface area contributed by atoms with Gasteiger partial charge in [-0.25, -0.2) is 0 Å². The molecule has 0 aromatic carbocycles. The highest BCUT2D eigenvalue weighted by atomic mass is 16.5. The normalized spacial score (nSPS) is 39.3. The molecule has 5 nitrogen and oxygen atoms in total. The van der Waals surface area contributed by atoms with Gasteiger partial charge in [0, 0.05) is 6.54 Å². The van der Waals surface area contributed by atoms with Crippen molar-refractivity contribution in [3.8, 4) is 0 Å². The molecule has 104 valence electrons. The Morgan fingerprint density at radius 3 is 3.00 bits per heavy atom. The number of carbonyl (C=O) groups is 2.